The van der Waals surface area contributed by atoms with E-state index in [0.29, 0.717) is 18.1 Å². The lowest BCUT2D eigenvalue weighted by atomic mass is 9.79. The number of hydrogen-bond donors (Lipinski definition) is 0. The number of likely N-dealkylation sites (tertiary alicyclic amines) is 1. The van der Waals surface area contributed by atoms with Gasteiger partial charge >= 0.3 is 0 Å². The third-order valence-corrected chi connectivity index (χ3v) is 8.26. The van der Waals surface area contributed by atoms with E-state index in [1.807, 2.05) is 0 Å². The number of sulfone groups is 1. The van der Waals surface area contributed by atoms with Crippen LogP contribution < -0.4 is 0 Å². The summed E-state index contributed by atoms with van der Waals surface area (Å²) in [6.07, 6.45) is 7.97. The first kappa shape index (κ1) is 19.7. The van der Waals surface area contributed by atoms with Gasteiger partial charge in [-0.1, -0.05) is 37.8 Å². The van der Waals surface area contributed by atoms with E-state index in [2.05, 4.69) is 6.92 Å². The van der Waals surface area contributed by atoms with Crippen LogP contribution in [0.4, 0.5) is 0 Å². The van der Waals surface area contributed by atoms with Crippen LogP contribution >= 0.6 is 11.6 Å². The number of carbonyl (C=O) groups is 1. The molecule has 0 N–H and O–H groups in total. The normalized spacial score (nSPS) is 24.3. The molecule has 1 saturated heterocycles. The predicted octanol–water partition coefficient (Wildman–Crippen LogP) is 4.32. The first-order chi connectivity index (χ1) is 12.4. The number of unbranched alkanes of at least 4 members (excludes halogenated alkanes) is 1. The van der Waals surface area contributed by atoms with E-state index in [9.17, 15) is 13.2 Å². The number of carbonyl (C=O) groups excluding carboxylic acids is 1. The van der Waals surface area contributed by atoms with Gasteiger partial charge in [0.15, 0.2) is 9.84 Å². The maximum atomic E-state index is 12.7. The second-order valence-corrected chi connectivity index (χ2v) is 10.4. The molecule has 1 aromatic rings. The molecule has 0 bridgehead atoms. The van der Waals surface area contributed by atoms with E-state index in [1.165, 1.54) is 19.3 Å². The van der Waals surface area contributed by atoms with Crippen LogP contribution in [0.25, 0.3) is 0 Å². The van der Waals surface area contributed by atoms with Crippen LogP contribution in [-0.2, 0) is 14.6 Å². The molecule has 0 aromatic heterocycles. The summed E-state index contributed by atoms with van der Waals surface area (Å²) in [4.78, 5) is 14.7. The fourth-order valence-electron chi connectivity index (χ4n) is 4.08. The highest BCUT2D eigenvalue weighted by Crippen LogP contribution is 2.34. The van der Waals surface area contributed by atoms with Crippen molar-refractivity contribution in [3.05, 3.63) is 29.3 Å². The van der Waals surface area contributed by atoms with Crippen LogP contribution in [0.1, 0.15) is 51.9 Å². The fourth-order valence-corrected chi connectivity index (χ4v) is 5.86. The van der Waals surface area contributed by atoms with Crippen molar-refractivity contribution in [3.8, 4) is 0 Å². The van der Waals surface area contributed by atoms with E-state index in [1.54, 1.807) is 29.2 Å². The summed E-state index contributed by atoms with van der Waals surface area (Å²) in [5.41, 5.74) is 0. The summed E-state index contributed by atoms with van der Waals surface area (Å²) in [5, 5.41) is 0.0254. The minimum atomic E-state index is -3.39. The minimum absolute atomic E-state index is 0.0899. The minimum Gasteiger partial charge on any atom is -0.340 e. The summed E-state index contributed by atoms with van der Waals surface area (Å²) < 4.78 is 25.3. The number of hydrogen-bond acceptors (Lipinski definition) is 3. The molecule has 0 atom stereocenters. The van der Waals surface area contributed by atoms with Gasteiger partial charge < -0.3 is 4.90 Å². The molecule has 1 aromatic carbocycles. The van der Waals surface area contributed by atoms with Crippen molar-refractivity contribution >= 4 is 27.3 Å². The highest BCUT2D eigenvalue weighted by molar-refractivity contribution is 7.92. The average Bonchev–Trinajstić information content (AvgIpc) is 2.59. The Labute approximate surface area is 161 Å². The van der Waals surface area contributed by atoms with Crippen molar-refractivity contribution < 1.29 is 13.2 Å². The van der Waals surface area contributed by atoms with Crippen LogP contribution in [-0.4, -0.2) is 37.6 Å². The van der Waals surface area contributed by atoms with Gasteiger partial charge in [0.25, 0.3) is 0 Å². The lowest BCUT2D eigenvalue weighted by Gasteiger charge is -2.41. The highest BCUT2D eigenvalue weighted by Gasteiger charge is 2.42. The molecule has 1 heterocycles. The first-order valence-electron chi connectivity index (χ1n) is 9.70. The van der Waals surface area contributed by atoms with Crippen molar-refractivity contribution in [2.75, 3.05) is 13.1 Å². The number of amides is 1. The number of rotatable bonds is 6. The SMILES string of the molecule is CCCCC1CCC(C(=O)N2CC(S(=O)(=O)c3ccc(Cl)cc3)C2)CC1. The molecule has 4 nitrogen and oxygen atoms in total. The van der Waals surface area contributed by atoms with Gasteiger partial charge in [-0.2, -0.15) is 0 Å². The number of nitrogens with zero attached hydrogens (tertiary/aromatic N) is 1. The number of halogens is 1. The molecular formula is C20H28ClNO3S. The fraction of sp³-hybridized carbons (Fsp3) is 0.650. The van der Waals surface area contributed by atoms with E-state index in [4.69, 9.17) is 11.6 Å². The second-order valence-electron chi connectivity index (χ2n) is 7.72. The molecule has 2 fully saturated rings. The molecule has 0 radical (unpaired) electrons. The molecule has 144 valence electrons. The Morgan fingerprint density at radius 2 is 1.73 bits per heavy atom. The van der Waals surface area contributed by atoms with Gasteiger partial charge in [-0.05, 0) is 55.9 Å². The Balaban J connectivity index is 1.50. The molecule has 0 spiro atoms. The summed E-state index contributed by atoms with van der Waals surface area (Å²) >= 11 is 5.83. The Kier molecular flexibility index (Phi) is 6.29. The Morgan fingerprint density at radius 3 is 2.31 bits per heavy atom. The topological polar surface area (TPSA) is 54.5 Å². The average molecular weight is 398 g/mol. The lowest BCUT2D eigenvalue weighted by molar-refractivity contribution is -0.140. The lowest BCUT2D eigenvalue weighted by Crippen LogP contribution is -2.58. The first-order valence-corrected chi connectivity index (χ1v) is 11.6. The highest BCUT2D eigenvalue weighted by atomic mass is 35.5. The molecule has 1 amide bonds. The second kappa shape index (κ2) is 8.30. The summed E-state index contributed by atoms with van der Waals surface area (Å²) in [6.45, 7) is 2.85. The summed E-state index contributed by atoms with van der Waals surface area (Å²) in [6, 6.07) is 6.26. The third kappa shape index (κ3) is 4.25. The molecule has 1 saturated carbocycles. The largest absolute Gasteiger partial charge is 0.340 e. The zero-order valence-corrected chi connectivity index (χ0v) is 16.9. The maximum absolute atomic E-state index is 12.7. The van der Waals surface area contributed by atoms with Crippen LogP contribution in [0.15, 0.2) is 29.2 Å². The third-order valence-electron chi connectivity index (χ3n) is 5.90. The Morgan fingerprint density at radius 1 is 1.12 bits per heavy atom. The van der Waals surface area contributed by atoms with Crippen LogP contribution in [0, 0.1) is 11.8 Å². The van der Waals surface area contributed by atoms with Gasteiger partial charge in [-0.3, -0.25) is 4.79 Å². The van der Waals surface area contributed by atoms with Crippen LogP contribution in [0.5, 0.6) is 0 Å². The van der Waals surface area contributed by atoms with Gasteiger partial charge in [0, 0.05) is 24.0 Å². The zero-order chi connectivity index (χ0) is 18.7. The van der Waals surface area contributed by atoms with Crippen LogP contribution in [0.3, 0.4) is 0 Å². The zero-order valence-electron chi connectivity index (χ0n) is 15.4. The smallest absolute Gasteiger partial charge is 0.225 e. The maximum Gasteiger partial charge on any atom is 0.225 e. The summed E-state index contributed by atoms with van der Waals surface area (Å²) in [5.74, 6) is 1.02. The molecule has 1 aliphatic heterocycles. The van der Waals surface area contributed by atoms with Gasteiger partial charge in [-0.15, -0.1) is 0 Å². The Hall–Kier alpha value is -1.07. The van der Waals surface area contributed by atoms with E-state index >= 15 is 0 Å². The number of benzene rings is 1. The molecular weight excluding hydrogens is 370 g/mol. The van der Waals surface area contributed by atoms with Crippen molar-refractivity contribution in [1.29, 1.82) is 0 Å². The molecule has 6 heteroatoms. The van der Waals surface area contributed by atoms with Gasteiger partial charge in [-0.25, -0.2) is 8.42 Å². The van der Waals surface area contributed by atoms with Crippen molar-refractivity contribution in [2.24, 2.45) is 11.8 Å². The van der Waals surface area contributed by atoms with Crippen molar-refractivity contribution in [1.82, 2.24) is 4.90 Å². The molecule has 3 rings (SSSR count). The van der Waals surface area contributed by atoms with E-state index in [-0.39, 0.29) is 16.7 Å². The quantitative estimate of drug-likeness (QED) is 0.718. The van der Waals surface area contributed by atoms with Crippen molar-refractivity contribution in [2.45, 2.75) is 62.0 Å². The van der Waals surface area contributed by atoms with Crippen LogP contribution in [0.2, 0.25) is 5.02 Å². The monoisotopic (exact) mass is 397 g/mol. The van der Waals surface area contributed by atoms with E-state index < -0.39 is 15.1 Å². The molecule has 1 aliphatic carbocycles. The summed E-state index contributed by atoms with van der Waals surface area (Å²) in [7, 11) is -3.39. The van der Waals surface area contributed by atoms with Gasteiger partial charge in [0.2, 0.25) is 5.91 Å². The van der Waals surface area contributed by atoms with Gasteiger partial charge in [0.05, 0.1) is 4.90 Å². The van der Waals surface area contributed by atoms with Gasteiger partial charge in [0.1, 0.15) is 5.25 Å². The molecule has 26 heavy (non-hydrogen) atoms. The standard InChI is InChI=1S/C20H28ClNO3S/c1-2-3-4-15-5-7-16(8-6-15)20(23)22-13-19(14-22)26(24,25)18-11-9-17(21)10-12-18/h9-12,15-16,19H,2-8,13-14H2,1H3. The predicted molar refractivity (Wildman–Crippen MR) is 104 cm³/mol. The Bertz CT molecular complexity index is 718. The van der Waals surface area contributed by atoms with E-state index in [0.717, 1.165) is 31.6 Å². The van der Waals surface area contributed by atoms with Crippen molar-refractivity contribution in [3.63, 3.8) is 0 Å². The molecule has 2 aliphatic rings. The molecule has 0 unspecified atom stereocenters.